The van der Waals surface area contributed by atoms with Crippen molar-refractivity contribution in [3.63, 3.8) is 0 Å². The van der Waals surface area contributed by atoms with Crippen LogP contribution in [0.15, 0.2) is 53.4 Å². The summed E-state index contributed by atoms with van der Waals surface area (Å²) in [5.41, 5.74) is -0.773. The first-order chi connectivity index (χ1) is 12.0. The number of nitrogens with one attached hydrogen (secondary N) is 2. The largest absolute Gasteiger partial charge is 0.416 e. The van der Waals surface area contributed by atoms with Gasteiger partial charge < -0.3 is 5.32 Å². The molecule has 0 unspecified atom stereocenters. The van der Waals surface area contributed by atoms with E-state index in [9.17, 15) is 26.4 Å². The highest BCUT2D eigenvalue weighted by atomic mass is 32.2. The molecule has 0 aliphatic carbocycles. The van der Waals surface area contributed by atoms with E-state index in [4.69, 9.17) is 0 Å². The topological polar surface area (TPSA) is 75.3 Å². The summed E-state index contributed by atoms with van der Waals surface area (Å²) < 4.78 is 64.6. The van der Waals surface area contributed by atoms with Crippen LogP contribution in [-0.4, -0.2) is 20.4 Å². The molecule has 0 radical (unpaired) electrons. The maximum absolute atomic E-state index is 12.7. The van der Waals surface area contributed by atoms with Crippen LogP contribution in [0.2, 0.25) is 0 Å². The van der Waals surface area contributed by atoms with Gasteiger partial charge in [-0.3, -0.25) is 4.79 Å². The normalized spacial score (nSPS) is 12.2. The van der Waals surface area contributed by atoms with E-state index in [0.29, 0.717) is 0 Å². The van der Waals surface area contributed by atoms with Gasteiger partial charge >= 0.3 is 6.18 Å². The molecular formula is C17H17F3N2O3S. The van der Waals surface area contributed by atoms with Gasteiger partial charge in [0.2, 0.25) is 10.0 Å². The first-order valence-corrected chi connectivity index (χ1v) is 9.08. The summed E-state index contributed by atoms with van der Waals surface area (Å²) in [5.74, 6) is -0.648. The fraction of sp³-hybridized carbons (Fsp3) is 0.235. The van der Waals surface area contributed by atoms with Gasteiger partial charge in [0, 0.05) is 17.3 Å². The second-order valence-electron chi connectivity index (χ2n) is 5.83. The number of benzene rings is 2. The van der Waals surface area contributed by atoms with Crippen LogP contribution in [0.25, 0.3) is 0 Å². The van der Waals surface area contributed by atoms with E-state index < -0.39 is 27.7 Å². The standard InChI is InChI=1S/C17H17F3N2O3S/c1-11(2)22-26(24,25)15-8-6-12(7-9-15)16(23)21-14-5-3-4-13(10-14)17(18,19)20/h3-11,22H,1-2H3,(H,21,23). The van der Waals surface area contributed by atoms with E-state index >= 15 is 0 Å². The highest BCUT2D eigenvalue weighted by Crippen LogP contribution is 2.30. The predicted octanol–water partition coefficient (Wildman–Crippen LogP) is 3.64. The predicted molar refractivity (Wildman–Crippen MR) is 91.3 cm³/mol. The first-order valence-electron chi connectivity index (χ1n) is 7.60. The Kier molecular flexibility index (Phi) is 5.72. The first kappa shape index (κ1) is 19.9. The maximum atomic E-state index is 12.7. The summed E-state index contributed by atoms with van der Waals surface area (Å²) in [4.78, 5) is 12.1. The molecular weight excluding hydrogens is 369 g/mol. The molecule has 2 rings (SSSR count). The molecule has 0 saturated heterocycles. The zero-order chi connectivity index (χ0) is 19.5. The summed E-state index contributed by atoms with van der Waals surface area (Å²) in [7, 11) is -3.69. The van der Waals surface area contributed by atoms with Gasteiger partial charge in [0.15, 0.2) is 0 Å². The fourth-order valence-corrected chi connectivity index (χ4v) is 3.39. The van der Waals surface area contributed by atoms with Gasteiger partial charge in [-0.25, -0.2) is 13.1 Å². The van der Waals surface area contributed by atoms with E-state index in [-0.39, 0.29) is 22.2 Å². The fourth-order valence-electron chi connectivity index (χ4n) is 2.14. The molecule has 1 amide bonds. The average molecular weight is 386 g/mol. The van der Waals surface area contributed by atoms with E-state index in [2.05, 4.69) is 10.0 Å². The Morgan fingerprint density at radius 1 is 1.04 bits per heavy atom. The van der Waals surface area contributed by atoms with Gasteiger partial charge in [-0.2, -0.15) is 13.2 Å². The van der Waals surface area contributed by atoms with Crippen LogP contribution in [0.4, 0.5) is 18.9 Å². The molecule has 0 saturated carbocycles. The average Bonchev–Trinajstić information content (AvgIpc) is 2.53. The van der Waals surface area contributed by atoms with Gasteiger partial charge in [0.05, 0.1) is 10.5 Å². The van der Waals surface area contributed by atoms with Crippen LogP contribution >= 0.6 is 0 Å². The third-order valence-electron chi connectivity index (χ3n) is 3.27. The van der Waals surface area contributed by atoms with Crippen LogP contribution in [0.5, 0.6) is 0 Å². The van der Waals surface area contributed by atoms with Gasteiger partial charge in [-0.1, -0.05) is 6.07 Å². The summed E-state index contributed by atoms with van der Waals surface area (Å²) in [6, 6.07) is 9.04. The zero-order valence-corrected chi connectivity index (χ0v) is 14.8. The number of carbonyl (C=O) groups excluding carboxylic acids is 1. The number of rotatable bonds is 5. The molecule has 26 heavy (non-hydrogen) atoms. The van der Waals surface area contributed by atoms with Crippen molar-refractivity contribution in [1.82, 2.24) is 4.72 Å². The number of alkyl halides is 3. The number of amides is 1. The van der Waals surface area contributed by atoms with Gasteiger partial charge in [0.1, 0.15) is 0 Å². The van der Waals surface area contributed by atoms with E-state index in [1.165, 1.54) is 36.4 Å². The minimum atomic E-state index is -4.51. The van der Waals surface area contributed by atoms with Crippen LogP contribution < -0.4 is 10.0 Å². The van der Waals surface area contributed by atoms with Crippen LogP contribution in [-0.2, 0) is 16.2 Å². The molecule has 0 fully saturated rings. The molecule has 5 nitrogen and oxygen atoms in total. The lowest BCUT2D eigenvalue weighted by molar-refractivity contribution is -0.137. The van der Waals surface area contributed by atoms with Crippen molar-refractivity contribution in [2.45, 2.75) is 31.0 Å². The molecule has 0 heterocycles. The number of carbonyl (C=O) groups is 1. The second kappa shape index (κ2) is 7.46. The molecule has 2 N–H and O–H groups in total. The van der Waals surface area contributed by atoms with Crippen LogP contribution in [0.1, 0.15) is 29.8 Å². The molecule has 0 aliphatic rings. The van der Waals surface area contributed by atoms with E-state index in [1.54, 1.807) is 13.8 Å². The van der Waals surface area contributed by atoms with Gasteiger partial charge in [-0.15, -0.1) is 0 Å². The van der Waals surface area contributed by atoms with Crippen molar-refractivity contribution < 1.29 is 26.4 Å². The summed E-state index contributed by atoms with van der Waals surface area (Å²) in [6.45, 7) is 3.35. The number of sulfonamides is 1. The minimum absolute atomic E-state index is 0.0111. The van der Waals surface area contributed by atoms with E-state index in [0.717, 1.165) is 12.1 Å². The smallest absolute Gasteiger partial charge is 0.322 e. The molecule has 0 atom stereocenters. The Morgan fingerprint density at radius 3 is 2.19 bits per heavy atom. The Morgan fingerprint density at radius 2 is 1.65 bits per heavy atom. The highest BCUT2D eigenvalue weighted by molar-refractivity contribution is 7.89. The van der Waals surface area contributed by atoms with Crippen molar-refractivity contribution in [2.24, 2.45) is 0 Å². The third-order valence-corrected chi connectivity index (χ3v) is 4.94. The highest BCUT2D eigenvalue weighted by Gasteiger charge is 2.30. The molecule has 0 aliphatic heterocycles. The molecule has 9 heteroatoms. The lowest BCUT2D eigenvalue weighted by Crippen LogP contribution is -2.30. The summed E-state index contributed by atoms with van der Waals surface area (Å²) in [6.07, 6.45) is -4.51. The van der Waals surface area contributed by atoms with Crippen molar-refractivity contribution >= 4 is 21.6 Å². The molecule has 0 bridgehead atoms. The zero-order valence-electron chi connectivity index (χ0n) is 14.0. The van der Waals surface area contributed by atoms with Crippen molar-refractivity contribution in [3.05, 3.63) is 59.7 Å². The van der Waals surface area contributed by atoms with Crippen molar-refractivity contribution in [3.8, 4) is 0 Å². The Bertz CT molecular complexity index is 892. The lowest BCUT2D eigenvalue weighted by Gasteiger charge is -2.11. The van der Waals surface area contributed by atoms with Crippen LogP contribution in [0.3, 0.4) is 0 Å². The molecule has 2 aromatic carbocycles. The summed E-state index contributed by atoms with van der Waals surface area (Å²) >= 11 is 0. The SMILES string of the molecule is CC(C)NS(=O)(=O)c1ccc(C(=O)Nc2cccc(C(F)(F)F)c2)cc1. The van der Waals surface area contributed by atoms with E-state index in [1.807, 2.05) is 0 Å². The van der Waals surface area contributed by atoms with Crippen molar-refractivity contribution in [1.29, 1.82) is 0 Å². The van der Waals surface area contributed by atoms with Crippen molar-refractivity contribution in [2.75, 3.05) is 5.32 Å². The third kappa shape index (κ3) is 5.06. The Hall–Kier alpha value is -2.39. The van der Waals surface area contributed by atoms with Gasteiger partial charge in [-0.05, 0) is 56.3 Å². The summed E-state index contributed by atoms with van der Waals surface area (Å²) in [5, 5.41) is 2.36. The number of hydrogen-bond acceptors (Lipinski definition) is 3. The number of hydrogen-bond donors (Lipinski definition) is 2. The molecule has 140 valence electrons. The maximum Gasteiger partial charge on any atom is 0.416 e. The Labute approximate surface area is 149 Å². The molecule has 0 aromatic heterocycles. The lowest BCUT2D eigenvalue weighted by atomic mass is 10.1. The Balaban J connectivity index is 2.16. The monoisotopic (exact) mass is 386 g/mol. The minimum Gasteiger partial charge on any atom is -0.322 e. The van der Waals surface area contributed by atoms with Gasteiger partial charge in [0.25, 0.3) is 5.91 Å². The van der Waals surface area contributed by atoms with Crippen LogP contribution in [0, 0.1) is 0 Å². The number of anilines is 1. The molecule has 2 aromatic rings. The quantitative estimate of drug-likeness (QED) is 0.824. The second-order valence-corrected chi connectivity index (χ2v) is 7.55. The molecule has 0 spiro atoms. The number of halogens is 3.